The third-order valence-electron chi connectivity index (χ3n) is 9.77. The fraction of sp³-hybridized carbons (Fsp3) is 0.783. The number of hydrogen-bond donors (Lipinski definition) is 0. The van der Waals surface area contributed by atoms with Gasteiger partial charge in [-0.1, -0.05) is 198 Å². The number of ether oxygens (including phenoxy) is 3. The van der Waals surface area contributed by atoms with E-state index in [2.05, 4.69) is 26.0 Å². The molecule has 51 heavy (non-hydrogen) atoms. The molecule has 0 saturated carbocycles. The van der Waals surface area contributed by atoms with Crippen LogP contribution in [0.4, 0.5) is 0 Å². The second kappa shape index (κ2) is 37.6. The first-order valence-electron chi connectivity index (χ1n) is 21.8. The van der Waals surface area contributed by atoms with E-state index >= 15 is 0 Å². The SMILES string of the molecule is CCCCCCCC/C=C\CCCCCCCC(=O)O[C@@H](COCc1ccccc1)COC(=O)CCCCCCCCCCCCCCCCC. The summed E-state index contributed by atoms with van der Waals surface area (Å²) in [6, 6.07) is 9.94. The smallest absolute Gasteiger partial charge is 0.306 e. The van der Waals surface area contributed by atoms with Crippen molar-refractivity contribution in [2.45, 2.75) is 219 Å². The van der Waals surface area contributed by atoms with Crippen LogP contribution < -0.4 is 0 Å². The summed E-state index contributed by atoms with van der Waals surface area (Å²) >= 11 is 0. The molecule has 1 rings (SSSR count). The maximum Gasteiger partial charge on any atom is 0.306 e. The molecule has 0 amide bonds. The highest BCUT2D eigenvalue weighted by Crippen LogP contribution is 2.15. The molecule has 294 valence electrons. The molecule has 0 heterocycles. The van der Waals surface area contributed by atoms with Crippen LogP contribution in [0.3, 0.4) is 0 Å². The molecule has 1 aromatic carbocycles. The van der Waals surface area contributed by atoms with Gasteiger partial charge in [0.05, 0.1) is 13.2 Å². The van der Waals surface area contributed by atoms with Crippen molar-refractivity contribution in [2.24, 2.45) is 0 Å². The summed E-state index contributed by atoms with van der Waals surface area (Å²) in [6.45, 7) is 5.22. The molecule has 0 saturated heterocycles. The van der Waals surface area contributed by atoms with E-state index in [9.17, 15) is 9.59 Å². The van der Waals surface area contributed by atoms with Crippen molar-refractivity contribution < 1.29 is 23.8 Å². The predicted molar refractivity (Wildman–Crippen MR) is 216 cm³/mol. The Balaban J connectivity index is 2.15. The van der Waals surface area contributed by atoms with Gasteiger partial charge in [0, 0.05) is 12.8 Å². The number of benzene rings is 1. The minimum atomic E-state index is -0.589. The molecule has 0 aliphatic rings. The molecule has 0 aliphatic heterocycles. The van der Waals surface area contributed by atoms with Crippen molar-refractivity contribution in [3.05, 3.63) is 48.0 Å². The predicted octanol–water partition coefficient (Wildman–Crippen LogP) is 14.0. The molecule has 1 aromatic rings. The van der Waals surface area contributed by atoms with Crippen LogP contribution in [0, 0.1) is 0 Å². The van der Waals surface area contributed by atoms with Crippen molar-refractivity contribution in [1.29, 1.82) is 0 Å². The topological polar surface area (TPSA) is 61.8 Å². The zero-order valence-corrected chi connectivity index (χ0v) is 33.5. The monoisotopic (exact) mass is 713 g/mol. The van der Waals surface area contributed by atoms with Gasteiger partial charge in [0.15, 0.2) is 6.10 Å². The first-order valence-corrected chi connectivity index (χ1v) is 21.8. The van der Waals surface area contributed by atoms with E-state index in [4.69, 9.17) is 14.2 Å². The van der Waals surface area contributed by atoms with Crippen molar-refractivity contribution in [2.75, 3.05) is 13.2 Å². The maximum absolute atomic E-state index is 12.7. The Hall–Kier alpha value is -2.14. The minimum absolute atomic E-state index is 0.0461. The van der Waals surface area contributed by atoms with Gasteiger partial charge in [0.2, 0.25) is 0 Å². The molecular formula is C46H80O5. The van der Waals surface area contributed by atoms with E-state index in [1.807, 2.05) is 30.3 Å². The summed E-state index contributed by atoms with van der Waals surface area (Å²) in [6.07, 6.45) is 40.3. The van der Waals surface area contributed by atoms with E-state index in [-0.39, 0.29) is 25.2 Å². The number of carbonyl (C=O) groups is 2. The lowest BCUT2D eigenvalue weighted by Gasteiger charge is -2.18. The van der Waals surface area contributed by atoms with Gasteiger partial charge in [-0.25, -0.2) is 0 Å². The zero-order chi connectivity index (χ0) is 36.7. The third-order valence-corrected chi connectivity index (χ3v) is 9.77. The Labute approximate surface area is 315 Å². The van der Waals surface area contributed by atoms with Crippen LogP contribution in [0.2, 0.25) is 0 Å². The number of unbranched alkanes of at least 4 members (excludes halogenated alkanes) is 25. The Morgan fingerprint density at radius 1 is 0.510 bits per heavy atom. The van der Waals surface area contributed by atoms with E-state index in [0.717, 1.165) is 44.1 Å². The van der Waals surface area contributed by atoms with E-state index in [1.54, 1.807) is 0 Å². The zero-order valence-electron chi connectivity index (χ0n) is 33.5. The first-order chi connectivity index (χ1) is 25.2. The normalized spacial score (nSPS) is 12.0. The molecule has 0 spiro atoms. The molecular weight excluding hydrogens is 633 g/mol. The highest BCUT2D eigenvalue weighted by Gasteiger charge is 2.18. The Morgan fingerprint density at radius 2 is 0.922 bits per heavy atom. The summed E-state index contributed by atoms with van der Waals surface area (Å²) in [5.74, 6) is -0.453. The van der Waals surface area contributed by atoms with E-state index in [1.165, 1.54) is 141 Å². The van der Waals surface area contributed by atoms with Gasteiger partial charge < -0.3 is 14.2 Å². The average Bonchev–Trinajstić information content (AvgIpc) is 3.14. The van der Waals surface area contributed by atoms with Crippen LogP contribution in [-0.2, 0) is 30.4 Å². The summed E-state index contributed by atoms with van der Waals surface area (Å²) in [4.78, 5) is 25.2. The standard InChI is InChI=1S/C46H80O5/c1-3-5-7-9-11-13-15-17-19-21-23-25-27-29-34-38-45(47)50-42-44(41-49-40-43-36-32-31-33-37-43)51-46(48)39-35-30-28-26-24-22-20-18-16-14-12-10-8-6-4-2/h18,20,31-33,36-37,44H,3-17,19,21-30,34-35,38-42H2,1-2H3/b20-18-/t44-/m0/s1. The lowest BCUT2D eigenvalue weighted by molar-refractivity contribution is -0.163. The van der Waals surface area contributed by atoms with Crippen molar-refractivity contribution in [3.8, 4) is 0 Å². The minimum Gasteiger partial charge on any atom is -0.462 e. The Bertz CT molecular complexity index is 913. The Kier molecular flexibility index (Phi) is 34.6. The van der Waals surface area contributed by atoms with Crippen LogP contribution >= 0.6 is 0 Å². The second-order valence-corrected chi connectivity index (χ2v) is 14.8. The molecule has 5 nitrogen and oxygen atoms in total. The van der Waals surface area contributed by atoms with Crippen LogP contribution in [-0.4, -0.2) is 31.3 Å². The molecule has 0 radical (unpaired) electrons. The summed E-state index contributed by atoms with van der Waals surface area (Å²) in [5, 5.41) is 0. The average molecular weight is 713 g/mol. The first kappa shape index (κ1) is 46.9. The van der Waals surface area contributed by atoms with Crippen molar-refractivity contribution in [3.63, 3.8) is 0 Å². The van der Waals surface area contributed by atoms with Gasteiger partial charge in [-0.05, 0) is 44.1 Å². The largest absolute Gasteiger partial charge is 0.462 e. The van der Waals surface area contributed by atoms with Crippen LogP contribution in [0.15, 0.2) is 42.5 Å². The van der Waals surface area contributed by atoms with Gasteiger partial charge in [-0.2, -0.15) is 0 Å². The number of carbonyl (C=O) groups excluding carboxylic acids is 2. The van der Waals surface area contributed by atoms with E-state index in [0.29, 0.717) is 19.4 Å². The van der Waals surface area contributed by atoms with Gasteiger partial charge in [-0.3, -0.25) is 9.59 Å². The van der Waals surface area contributed by atoms with Crippen LogP contribution in [0.1, 0.15) is 212 Å². The lowest BCUT2D eigenvalue weighted by Crippen LogP contribution is -2.29. The molecule has 5 heteroatoms. The van der Waals surface area contributed by atoms with E-state index < -0.39 is 6.10 Å². The summed E-state index contributed by atoms with van der Waals surface area (Å²) in [7, 11) is 0. The number of hydrogen-bond acceptors (Lipinski definition) is 5. The van der Waals surface area contributed by atoms with Crippen molar-refractivity contribution >= 4 is 11.9 Å². The fourth-order valence-electron chi connectivity index (χ4n) is 6.48. The number of esters is 2. The lowest BCUT2D eigenvalue weighted by atomic mass is 10.0. The Morgan fingerprint density at radius 3 is 1.39 bits per heavy atom. The highest BCUT2D eigenvalue weighted by molar-refractivity contribution is 5.70. The fourth-order valence-corrected chi connectivity index (χ4v) is 6.48. The van der Waals surface area contributed by atoms with Gasteiger partial charge in [-0.15, -0.1) is 0 Å². The summed E-state index contributed by atoms with van der Waals surface area (Å²) in [5.41, 5.74) is 1.06. The van der Waals surface area contributed by atoms with Crippen LogP contribution in [0.5, 0.6) is 0 Å². The van der Waals surface area contributed by atoms with Crippen molar-refractivity contribution in [1.82, 2.24) is 0 Å². The maximum atomic E-state index is 12.7. The van der Waals surface area contributed by atoms with Gasteiger partial charge in [0.25, 0.3) is 0 Å². The van der Waals surface area contributed by atoms with Crippen LogP contribution in [0.25, 0.3) is 0 Å². The molecule has 1 atom stereocenters. The second-order valence-electron chi connectivity index (χ2n) is 14.8. The number of rotatable bonds is 38. The molecule has 0 N–H and O–H groups in total. The third kappa shape index (κ3) is 33.4. The molecule has 0 unspecified atom stereocenters. The molecule has 0 aromatic heterocycles. The highest BCUT2D eigenvalue weighted by atomic mass is 16.6. The molecule has 0 bridgehead atoms. The summed E-state index contributed by atoms with van der Waals surface area (Å²) < 4.78 is 17.2. The molecule has 0 aliphatic carbocycles. The van der Waals surface area contributed by atoms with Gasteiger partial charge >= 0.3 is 11.9 Å². The quantitative estimate of drug-likeness (QED) is 0.0388. The number of allylic oxidation sites excluding steroid dienone is 2. The molecule has 0 fully saturated rings. The van der Waals surface area contributed by atoms with Gasteiger partial charge in [0.1, 0.15) is 6.61 Å².